The highest BCUT2D eigenvalue weighted by Crippen LogP contribution is 2.34. The molecule has 0 aliphatic rings. The summed E-state index contributed by atoms with van der Waals surface area (Å²) in [5.74, 6) is -0.578. The first kappa shape index (κ1) is 14.6. The van der Waals surface area contributed by atoms with Crippen LogP contribution in [0.3, 0.4) is 0 Å². The smallest absolute Gasteiger partial charge is 0.255 e. The highest BCUT2D eigenvalue weighted by atomic mass is 35.5. The molecular weight excluding hydrogens is 304 g/mol. The molecule has 2 aromatic carbocycles. The number of hydrogen-bond acceptors (Lipinski definition) is 2. The fourth-order valence-corrected chi connectivity index (χ4v) is 2.30. The van der Waals surface area contributed by atoms with Gasteiger partial charge in [0, 0.05) is 11.3 Å². The van der Waals surface area contributed by atoms with Crippen LogP contribution in [0.5, 0.6) is 5.75 Å². The molecule has 1 amide bonds. The number of carbonyl (C=O) groups excluding carboxylic acids is 1. The molecule has 0 heterocycles. The van der Waals surface area contributed by atoms with Crippen molar-refractivity contribution in [2.75, 3.05) is 12.4 Å². The Bertz CT molecular complexity index is 638. The molecule has 0 saturated carbocycles. The molecule has 0 unspecified atom stereocenters. The number of amides is 1. The van der Waals surface area contributed by atoms with Crippen LogP contribution in [0.4, 0.5) is 10.1 Å². The zero-order chi connectivity index (χ0) is 14.7. The van der Waals surface area contributed by atoms with E-state index in [0.717, 1.165) is 0 Å². The van der Waals surface area contributed by atoms with Crippen molar-refractivity contribution in [1.82, 2.24) is 0 Å². The second kappa shape index (κ2) is 6.11. The van der Waals surface area contributed by atoms with Crippen molar-refractivity contribution in [2.24, 2.45) is 0 Å². The van der Waals surface area contributed by atoms with E-state index in [1.807, 2.05) is 0 Å². The van der Waals surface area contributed by atoms with E-state index in [1.165, 1.54) is 37.4 Å². The maximum atomic E-state index is 13.0. The molecule has 0 spiro atoms. The third-order valence-corrected chi connectivity index (χ3v) is 3.11. The lowest BCUT2D eigenvalue weighted by Gasteiger charge is -2.09. The Morgan fingerprint density at radius 1 is 1.20 bits per heavy atom. The molecular formula is C14H10Cl2FNO2. The number of rotatable bonds is 3. The van der Waals surface area contributed by atoms with Gasteiger partial charge in [0.05, 0.1) is 17.2 Å². The standard InChI is InChI=1S/C14H10Cl2FNO2/c1-20-13-11(15)5-8(6-12(13)16)14(19)18-10-4-2-3-9(17)7-10/h2-7H,1H3,(H,18,19). The zero-order valence-corrected chi connectivity index (χ0v) is 11.9. The van der Waals surface area contributed by atoms with Crippen molar-refractivity contribution >= 4 is 34.8 Å². The molecule has 0 bridgehead atoms. The van der Waals surface area contributed by atoms with Gasteiger partial charge in [0.25, 0.3) is 5.91 Å². The van der Waals surface area contributed by atoms with Crippen molar-refractivity contribution in [3.63, 3.8) is 0 Å². The van der Waals surface area contributed by atoms with Crippen molar-refractivity contribution < 1.29 is 13.9 Å². The Kier molecular flexibility index (Phi) is 4.47. The first-order valence-electron chi connectivity index (χ1n) is 5.61. The van der Waals surface area contributed by atoms with Gasteiger partial charge in [-0.3, -0.25) is 4.79 Å². The van der Waals surface area contributed by atoms with Crippen molar-refractivity contribution in [3.05, 3.63) is 57.8 Å². The lowest BCUT2D eigenvalue weighted by molar-refractivity contribution is 0.102. The number of halogens is 3. The number of carbonyl (C=O) groups is 1. The van der Waals surface area contributed by atoms with Crippen LogP contribution >= 0.6 is 23.2 Å². The lowest BCUT2D eigenvalue weighted by Crippen LogP contribution is -2.12. The molecule has 0 radical (unpaired) electrons. The number of hydrogen-bond donors (Lipinski definition) is 1. The molecule has 3 nitrogen and oxygen atoms in total. The highest BCUT2D eigenvalue weighted by Gasteiger charge is 2.13. The molecule has 104 valence electrons. The predicted octanol–water partition coefficient (Wildman–Crippen LogP) is 4.39. The topological polar surface area (TPSA) is 38.3 Å². The predicted molar refractivity (Wildman–Crippen MR) is 77.4 cm³/mol. The summed E-state index contributed by atoms with van der Waals surface area (Å²) in [7, 11) is 1.43. The van der Waals surface area contributed by atoms with Crippen LogP contribution in [0, 0.1) is 5.82 Å². The quantitative estimate of drug-likeness (QED) is 0.912. The van der Waals surface area contributed by atoms with E-state index in [4.69, 9.17) is 27.9 Å². The molecule has 6 heteroatoms. The minimum absolute atomic E-state index is 0.226. The fourth-order valence-electron chi connectivity index (χ4n) is 1.66. The van der Waals surface area contributed by atoms with Gasteiger partial charge in [0.15, 0.2) is 5.75 Å². The van der Waals surface area contributed by atoms with E-state index in [0.29, 0.717) is 11.4 Å². The van der Waals surface area contributed by atoms with Gasteiger partial charge >= 0.3 is 0 Å². The summed E-state index contributed by atoms with van der Waals surface area (Å²) in [6.07, 6.45) is 0. The van der Waals surface area contributed by atoms with Gasteiger partial charge in [-0.2, -0.15) is 0 Å². The van der Waals surface area contributed by atoms with Gasteiger partial charge in [0.2, 0.25) is 0 Å². The summed E-state index contributed by atoms with van der Waals surface area (Å²) < 4.78 is 18.0. The Hall–Kier alpha value is -1.78. The molecule has 1 N–H and O–H groups in total. The summed E-state index contributed by atoms with van der Waals surface area (Å²) >= 11 is 11.9. The molecule has 0 saturated heterocycles. The summed E-state index contributed by atoms with van der Waals surface area (Å²) in [4.78, 5) is 12.0. The Morgan fingerprint density at radius 3 is 2.40 bits per heavy atom. The van der Waals surface area contributed by atoms with E-state index in [1.54, 1.807) is 6.07 Å². The summed E-state index contributed by atoms with van der Waals surface area (Å²) in [5.41, 5.74) is 0.600. The average Bonchev–Trinajstić information content (AvgIpc) is 2.38. The Morgan fingerprint density at radius 2 is 1.85 bits per heavy atom. The number of anilines is 1. The number of benzene rings is 2. The molecule has 0 fully saturated rings. The van der Waals surface area contributed by atoms with Crippen LogP contribution < -0.4 is 10.1 Å². The lowest BCUT2D eigenvalue weighted by atomic mass is 10.2. The molecule has 0 aliphatic carbocycles. The van der Waals surface area contributed by atoms with E-state index < -0.39 is 11.7 Å². The second-order valence-corrected chi connectivity index (χ2v) is 4.75. The third kappa shape index (κ3) is 3.21. The van der Waals surface area contributed by atoms with Gasteiger partial charge in [-0.15, -0.1) is 0 Å². The highest BCUT2D eigenvalue weighted by molar-refractivity contribution is 6.37. The number of nitrogens with one attached hydrogen (secondary N) is 1. The minimum Gasteiger partial charge on any atom is -0.494 e. The van der Waals surface area contributed by atoms with E-state index in [-0.39, 0.29) is 15.6 Å². The van der Waals surface area contributed by atoms with E-state index in [2.05, 4.69) is 5.32 Å². The van der Waals surface area contributed by atoms with E-state index in [9.17, 15) is 9.18 Å². The van der Waals surface area contributed by atoms with Gasteiger partial charge < -0.3 is 10.1 Å². The molecule has 2 rings (SSSR count). The molecule has 0 aromatic heterocycles. The van der Waals surface area contributed by atoms with Crippen LogP contribution in [-0.4, -0.2) is 13.0 Å². The molecule has 2 aromatic rings. The van der Waals surface area contributed by atoms with Crippen LogP contribution in [0.15, 0.2) is 36.4 Å². The first-order chi connectivity index (χ1) is 9.51. The summed E-state index contributed by atoms with van der Waals surface area (Å²) in [6.45, 7) is 0. The maximum absolute atomic E-state index is 13.0. The number of methoxy groups -OCH3 is 1. The van der Waals surface area contributed by atoms with Crippen LogP contribution in [0.25, 0.3) is 0 Å². The maximum Gasteiger partial charge on any atom is 0.255 e. The monoisotopic (exact) mass is 313 g/mol. The molecule has 0 atom stereocenters. The molecule has 20 heavy (non-hydrogen) atoms. The summed E-state index contributed by atoms with van der Waals surface area (Å²) in [5, 5.41) is 3.01. The average molecular weight is 314 g/mol. The van der Waals surface area contributed by atoms with Crippen LogP contribution in [-0.2, 0) is 0 Å². The van der Waals surface area contributed by atoms with Crippen LogP contribution in [0.2, 0.25) is 10.0 Å². The largest absolute Gasteiger partial charge is 0.494 e. The SMILES string of the molecule is COc1c(Cl)cc(C(=O)Nc2cccc(F)c2)cc1Cl. The zero-order valence-electron chi connectivity index (χ0n) is 10.4. The van der Waals surface area contributed by atoms with E-state index >= 15 is 0 Å². The van der Waals surface area contributed by atoms with Crippen molar-refractivity contribution in [3.8, 4) is 5.75 Å². The van der Waals surface area contributed by atoms with Crippen molar-refractivity contribution in [1.29, 1.82) is 0 Å². The summed E-state index contributed by atoms with van der Waals surface area (Å²) in [6, 6.07) is 8.44. The third-order valence-electron chi connectivity index (χ3n) is 2.55. The Balaban J connectivity index is 2.26. The van der Waals surface area contributed by atoms with Gasteiger partial charge in [-0.25, -0.2) is 4.39 Å². The van der Waals surface area contributed by atoms with Crippen molar-refractivity contribution in [2.45, 2.75) is 0 Å². The second-order valence-electron chi connectivity index (χ2n) is 3.94. The molecule has 0 aliphatic heterocycles. The minimum atomic E-state index is -0.443. The fraction of sp³-hybridized carbons (Fsp3) is 0.0714. The first-order valence-corrected chi connectivity index (χ1v) is 6.37. The normalized spacial score (nSPS) is 10.2. The van der Waals surface area contributed by atoms with Crippen LogP contribution in [0.1, 0.15) is 10.4 Å². The Labute approximate surface area is 125 Å². The van der Waals surface area contributed by atoms with Gasteiger partial charge in [-0.05, 0) is 30.3 Å². The number of ether oxygens (including phenoxy) is 1. The van der Waals surface area contributed by atoms with Gasteiger partial charge in [-0.1, -0.05) is 29.3 Å². The van der Waals surface area contributed by atoms with Gasteiger partial charge in [0.1, 0.15) is 5.82 Å².